The zero-order valence-corrected chi connectivity index (χ0v) is 19.3. The van der Waals surface area contributed by atoms with Gasteiger partial charge in [0.05, 0.1) is 32.4 Å². The molecule has 170 valence electrons. The smallest absolute Gasteiger partial charge is 0.237 e. The second-order valence-corrected chi connectivity index (χ2v) is 8.55. The largest absolute Gasteiger partial charge is 0.493 e. The van der Waals surface area contributed by atoms with Gasteiger partial charge in [-0.2, -0.15) is 0 Å². The van der Waals surface area contributed by atoms with Gasteiger partial charge in [0, 0.05) is 25.1 Å². The molecular formula is C23H32N2O5S. The number of aliphatic hydroxyl groups is 1. The fourth-order valence-corrected chi connectivity index (χ4v) is 4.84. The van der Waals surface area contributed by atoms with E-state index in [9.17, 15) is 9.90 Å². The highest BCUT2D eigenvalue weighted by molar-refractivity contribution is 7.10. The summed E-state index contributed by atoms with van der Waals surface area (Å²) in [5, 5.41) is 12.1. The summed E-state index contributed by atoms with van der Waals surface area (Å²) in [5.41, 5.74) is 1.15. The third-order valence-corrected chi connectivity index (χ3v) is 6.51. The number of benzene rings is 1. The summed E-state index contributed by atoms with van der Waals surface area (Å²) in [4.78, 5) is 18.4. The van der Waals surface area contributed by atoms with Gasteiger partial charge in [-0.3, -0.25) is 9.69 Å². The zero-order valence-electron chi connectivity index (χ0n) is 18.5. The average Bonchev–Trinajstić information content (AvgIpc) is 3.26. The maximum absolute atomic E-state index is 13.3. The van der Waals surface area contributed by atoms with Gasteiger partial charge in [-0.05, 0) is 42.1 Å². The Morgan fingerprint density at radius 3 is 2.77 bits per heavy atom. The molecule has 1 aliphatic heterocycles. The first-order chi connectivity index (χ1) is 15.1. The molecule has 7 nitrogen and oxygen atoms in total. The molecule has 1 aromatic carbocycles. The van der Waals surface area contributed by atoms with Crippen LogP contribution < -0.4 is 9.47 Å². The van der Waals surface area contributed by atoms with Crippen LogP contribution in [0.1, 0.15) is 23.4 Å². The van der Waals surface area contributed by atoms with Crippen LogP contribution in [0.15, 0.2) is 35.7 Å². The maximum Gasteiger partial charge on any atom is 0.237 e. The molecule has 2 heterocycles. The number of ether oxygens (including phenoxy) is 3. The van der Waals surface area contributed by atoms with Crippen LogP contribution in [-0.4, -0.2) is 80.5 Å². The highest BCUT2D eigenvalue weighted by Gasteiger charge is 2.33. The van der Waals surface area contributed by atoms with Gasteiger partial charge in [0.2, 0.25) is 5.91 Å². The SMILES string of the molecule is CCN(CC(=O)N1CCc2sccc2[C@@H]1COc1ccccc1OC)C[C@H](O)COC. The van der Waals surface area contributed by atoms with Crippen LogP contribution in [0.3, 0.4) is 0 Å². The number of carbonyl (C=O) groups is 1. The van der Waals surface area contributed by atoms with Crippen molar-refractivity contribution in [1.82, 2.24) is 9.80 Å². The van der Waals surface area contributed by atoms with E-state index in [1.807, 2.05) is 41.0 Å². The molecule has 8 heteroatoms. The Hall–Kier alpha value is -2.13. The van der Waals surface area contributed by atoms with Gasteiger partial charge in [-0.15, -0.1) is 11.3 Å². The van der Waals surface area contributed by atoms with Crippen molar-refractivity contribution in [2.24, 2.45) is 0 Å². The van der Waals surface area contributed by atoms with E-state index in [1.165, 1.54) is 4.88 Å². The minimum absolute atomic E-state index is 0.0388. The van der Waals surface area contributed by atoms with Gasteiger partial charge in [0.15, 0.2) is 11.5 Å². The van der Waals surface area contributed by atoms with Crippen molar-refractivity contribution in [2.45, 2.75) is 25.5 Å². The second kappa shape index (κ2) is 11.5. The molecule has 2 aromatic rings. The molecule has 3 rings (SSSR count). The standard InChI is InChI=1S/C23H32N2O5S/c1-4-24(13-17(26)15-28-2)14-23(27)25-11-9-22-18(10-12-31-22)19(25)16-30-21-8-6-5-7-20(21)29-3/h5-8,10,12,17,19,26H,4,9,11,13-16H2,1-3H3/t17-,19-/m0/s1. The second-order valence-electron chi connectivity index (χ2n) is 7.55. The fourth-order valence-electron chi connectivity index (χ4n) is 3.91. The van der Waals surface area contributed by atoms with Crippen molar-refractivity contribution in [3.63, 3.8) is 0 Å². The molecule has 1 aromatic heterocycles. The van der Waals surface area contributed by atoms with E-state index in [1.54, 1.807) is 25.6 Å². The first kappa shape index (κ1) is 23.5. The van der Waals surface area contributed by atoms with Crippen LogP contribution in [0.5, 0.6) is 11.5 Å². The molecule has 0 radical (unpaired) electrons. The van der Waals surface area contributed by atoms with Crippen LogP contribution in [0.2, 0.25) is 0 Å². The summed E-state index contributed by atoms with van der Waals surface area (Å²) in [6.07, 6.45) is 0.231. The third kappa shape index (κ3) is 5.98. The van der Waals surface area contributed by atoms with Crippen molar-refractivity contribution in [3.05, 3.63) is 46.2 Å². The van der Waals surface area contributed by atoms with Crippen molar-refractivity contribution in [2.75, 3.05) is 53.6 Å². The Morgan fingerprint density at radius 1 is 1.29 bits per heavy atom. The van der Waals surface area contributed by atoms with Crippen molar-refractivity contribution in [3.8, 4) is 11.5 Å². The minimum Gasteiger partial charge on any atom is -0.493 e. The highest BCUT2D eigenvalue weighted by atomic mass is 32.1. The number of para-hydroxylation sites is 2. The molecular weight excluding hydrogens is 416 g/mol. The molecule has 0 fully saturated rings. The molecule has 0 saturated heterocycles. The van der Waals surface area contributed by atoms with Crippen LogP contribution in [-0.2, 0) is 16.0 Å². The van der Waals surface area contributed by atoms with E-state index in [0.717, 1.165) is 12.0 Å². The predicted molar refractivity (Wildman–Crippen MR) is 121 cm³/mol. The summed E-state index contributed by atoms with van der Waals surface area (Å²) in [6.45, 7) is 4.58. The van der Waals surface area contributed by atoms with Crippen molar-refractivity contribution >= 4 is 17.2 Å². The summed E-state index contributed by atoms with van der Waals surface area (Å²) >= 11 is 1.73. The number of thiophene rings is 1. The van der Waals surface area contributed by atoms with Gasteiger partial charge in [0.25, 0.3) is 0 Å². The number of aliphatic hydroxyl groups excluding tert-OH is 1. The number of likely N-dealkylation sites (N-methyl/N-ethyl adjacent to an activating group) is 1. The quantitative estimate of drug-likeness (QED) is 0.570. The van der Waals surface area contributed by atoms with Gasteiger partial charge in [-0.25, -0.2) is 0 Å². The van der Waals surface area contributed by atoms with Gasteiger partial charge in [0.1, 0.15) is 6.61 Å². The first-order valence-electron chi connectivity index (χ1n) is 10.6. The van der Waals surface area contributed by atoms with Crippen LogP contribution in [0.25, 0.3) is 0 Å². The summed E-state index contributed by atoms with van der Waals surface area (Å²) in [5.74, 6) is 1.38. The lowest BCUT2D eigenvalue weighted by molar-refractivity contribution is -0.136. The van der Waals surface area contributed by atoms with Gasteiger partial charge >= 0.3 is 0 Å². The van der Waals surface area contributed by atoms with E-state index in [-0.39, 0.29) is 25.1 Å². The lowest BCUT2D eigenvalue weighted by atomic mass is 10.0. The van der Waals surface area contributed by atoms with E-state index in [0.29, 0.717) is 37.7 Å². The normalized spacial score (nSPS) is 16.8. The van der Waals surface area contributed by atoms with Crippen LogP contribution >= 0.6 is 11.3 Å². The number of amides is 1. The Morgan fingerprint density at radius 2 is 2.06 bits per heavy atom. The highest BCUT2D eigenvalue weighted by Crippen LogP contribution is 2.35. The number of fused-ring (bicyclic) bond motifs is 1. The number of methoxy groups -OCH3 is 2. The monoisotopic (exact) mass is 448 g/mol. The van der Waals surface area contributed by atoms with E-state index >= 15 is 0 Å². The number of hydrogen-bond donors (Lipinski definition) is 1. The molecule has 0 spiro atoms. The summed E-state index contributed by atoms with van der Waals surface area (Å²) < 4.78 is 16.5. The van der Waals surface area contributed by atoms with Crippen molar-refractivity contribution < 1.29 is 24.1 Å². The van der Waals surface area contributed by atoms with Crippen molar-refractivity contribution in [1.29, 1.82) is 0 Å². The van der Waals surface area contributed by atoms with E-state index in [2.05, 4.69) is 11.4 Å². The first-order valence-corrected chi connectivity index (χ1v) is 11.5. The Balaban J connectivity index is 1.72. The van der Waals surface area contributed by atoms with Crippen LogP contribution in [0.4, 0.5) is 0 Å². The fraction of sp³-hybridized carbons (Fsp3) is 0.522. The molecule has 0 aliphatic carbocycles. The van der Waals surface area contributed by atoms with Gasteiger partial charge in [-0.1, -0.05) is 19.1 Å². The number of nitrogens with zero attached hydrogens (tertiary/aromatic N) is 2. The number of hydrogen-bond acceptors (Lipinski definition) is 7. The predicted octanol–water partition coefficient (Wildman–Crippen LogP) is 2.59. The lowest BCUT2D eigenvalue weighted by Crippen LogP contribution is -2.48. The Kier molecular flexibility index (Phi) is 8.71. The van der Waals surface area contributed by atoms with Gasteiger partial charge < -0.3 is 24.2 Å². The molecule has 0 saturated carbocycles. The summed E-state index contributed by atoms with van der Waals surface area (Å²) in [7, 11) is 3.18. The molecule has 1 amide bonds. The Labute approximate surface area is 188 Å². The average molecular weight is 449 g/mol. The minimum atomic E-state index is -0.618. The van der Waals surface area contributed by atoms with Crippen LogP contribution in [0, 0.1) is 0 Å². The number of rotatable bonds is 11. The Bertz CT molecular complexity index is 843. The molecule has 1 aliphatic rings. The number of carbonyl (C=O) groups excluding carboxylic acids is 1. The maximum atomic E-state index is 13.3. The molecule has 0 bridgehead atoms. The topological polar surface area (TPSA) is 71.5 Å². The third-order valence-electron chi connectivity index (χ3n) is 5.52. The molecule has 1 N–H and O–H groups in total. The van der Waals surface area contributed by atoms with E-state index < -0.39 is 6.10 Å². The lowest BCUT2D eigenvalue weighted by Gasteiger charge is -2.37. The molecule has 31 heavy (non-hydrogen) atoms. The molecule has 0 unspecified atom stereocenters. The zero-order chi connectivity index (χ0) is 22.2. The summed E-state index contributed by atoms with van der Waals surface area (Å²) in [6, 6.07) is 9.47. The molecule has 2 atom stereocenters. The van der Waals surface area contributed by atoms with E-state index in [4.69, 9.17) is 14.2 Å².